The maximum atomic E-state index is 10.9. The highest BCUT2D eigenvalue weighted by atomic mass is 16.6. The van der Waals surface area contributed by atoms with Crippen molar-refractivity contribution in [2.24, 2.45) is 0 Å². The summed E-state index contributed by atoms with van der Waals surface area (Å²) in [6.07, 6.45) is 3.25. The van der Waals surface area contributed by atoms with Gasteiger partial charge in [-0.3, -0.25) is 10.1 Å². The standard InChI is InChI=1S/C12H16N2O3/c1-12(6-3-7-12)13-10-8-9(17-2)4-5-11(10)14(15)16/h4-5,8,13H,3,6-7H2,1-2H3. The number of hydrogen-bond acceptors (Lipinski definition) is 4. The smallest absolute Gasteiger partial charge is 0.292 e. The van der Waals surface area contributed by atoms with Crippen molar-refractivity contribution in [3.8, 4) is 5.75 Å². The van der Waals surface area contributed by atoms with Crippen molar-refractivity contribution in [1.29, 1.82) is 0 Å². The molecule has 1 aromatic rings. The Morgan fingerprint density at radius 3 is 2.65 bits per heavy atom. The van der Waals surface area contributed by atoms with Crippen LogP contribution in [0, 0.1) is 10.1 Å². The Bertz CT molecular complexity index is 441. The van der Waals surface area contributed by atoms with Gasteiger partial charge in [0, 0.05) is 17.7 Å². The first-order valence-corrected chi connectivity index (χ1v) is 5.65. The molecular formula is C12H16N2O3. The Morgan fingerprint density at radius 2 is 2.18 bits per heavy atom. The maximum absolute atomic E-state index is 10.9. The van der Waals surface area contributed by atoms with Gasteiger partial charge in [0.1, 0.15) is 11.4 Å². The second kappa shape index (κ2) is 4.24. The Hall–Kier alpha value is -1.78. The summed E-state index contributed by atoms with van der Waals surface area (Å²) >= 11 is 0. The van der Waals surface area contributed by atoms with E-state index in [4.69, 9.17) is 4.74 Å². The van der Waals surface area contributed by atoms with Crippen LogP contribution in [0.3, 0.4) is 0 Å². The van der Waals surface area contributed by atoms with Gasteiger partial charge in [0.25, 0.3) is 5.69 Å². The Labute approximate surface area is 99.9 Å². The van der Waals surface area contributed by atoms with Gasteiger partial charge in [-0.1, -0.05) is 0 Å². The van der Waals surface area contributed by atoms with Crippen molar-refractivity contribution in [2.45, 2.75) is 31.7 Å². The summed E-state index contributed by atoms with van der Waals surface area (Å²) in [5, 5.41) is 14.2. The molecule has 0 aliphatic heterocycles. The average Bonchev–Trinajstić information content (AvgIpc) is 2.26. The number of methoxy groups -OCH3 is 1. The zero-order chi connectivity index (χ0) is 12.5. The number of benzene rings is 1. The minimum Gasteiger partial charge on any atom is -0.497 e. The molecule has 1 aromatic carbocycles. The molecule has 0 spiro atoms. The fourth-order valence-electron chi connectivity index (χ4n) is 2.06. The molecule has 5 nitrogen and oxygen atoms in total. The van der Waals surface area contributed by atoms with Gasteiger partial charge in [0.05, 0.1) is 12.0 Å². The number of nitrogens with one attached hydrogen (secondary N) is 1. The molecule has 0 bridgehead atoms. The molecule has 0 heterocycles. The van der Waals surface area contributed by atoms with Crippen LogP contribution in [-0.2, 0) is 0 Å². The summed E-state index contributed by atoms with van der Waals surface area (Å²) in [5.41, 5.74) is 0.618. The van der Waals surface area contributed by atoms with Gasteiger partial charge < -0.3 is 10.1 Å². The van der Waals surface area contributed by atoms with Crippen LogP contribution in [0.25, 0.3) is 0 Å². The van der Waals surface area contributed by atoms with E-state index in [0.717, 1.165) is 12.8 Å². The number of rotatable bonds is 4. The predicted molar refractivity (Wildman–Crippen MR) is 65.5 cm³/mol. The van der Waals surface area contributed by atoms with Crippen LogP contribution in [0.2, 0.25) is 0 Å². The number of nitro benzene ring substituents is 1. The summed E-state index contributed by atoms with van der Waals surface area (Å²) in [5.74, 6) is 0.626. The van der Waals surface area contributed by atoms with Crippen molar-refractivity contribution >= 4 is 11.4 Å². The predicted octanol–water partition coefficient (Wildman–Crippen LogP) is 2.96. The Kier molecular flexibility index (Phi) is 2.92. The molecule has 1 aliphatic carbocycles. The normalized spacial score (nSPS) is 17.1. The first kappa shape index (κ1) is 11.7. The number of anilines is 1. The van der Waals surface area contributed by atoms with Crippen LogP contribution in [0.1, 0.15) is 26.2 Å². The van der Waals surface area contributed by atoms with Crippen molar-refractivity contribution in [3.05, 3.63) is 28.3 Å². The van der Waals surface area contributed by atoms with Crippen LogP contribution in [0.5, 0.6) is 5.75 Å². The number of hydrogen-bond donors (Lipinski definition) is 1. The molecule has 0 radical (unpaired) electrons. The van der Waals surface area contributed by atoms with E-state index in [-0.39, 0.29) is 16.1 Å². The molecule has 0 unspecified atom stereocenters. The molecule has 1 aliphatic rings. The first-order valence-electron chi connectivity index (χ1n) is 5.65. The average molecular weight is 236 g/mol. The van der Waals surface area contributed by atoms with Crippen LogP contribution in [0.15, 0.2) is 18.2 Å². The third kappa shape index (κ3) is 2.33. The van der Waals surface area contributed by atoms with Gasteiger partial charge in [0.2, 0.25) is 0 Å². The largest absolute Gasteiger partial charge is 0.497 e. The summed E-state index contributed by atoms with van der Waals surface area (Å²) < 4.78 is 5.09. The molecule has 17 heavy (non-hydrogen) atoms. The van der Waals surface area contributed by atoms with Crippen molar-refractivity contribution in [1.82, 2.24) is 0 Å². The molecule has 1 fully saturated rings. The van der Waals surface area contributed by atoms with E-state index in [2.05, 4.69) is 12.2 Å². The minimum absolute atomic E-state index is 0.0167. The summed E-state index contributed by atoms with van der Waals surface area (Å²) in [6.45, 7) is 2.08. The van der Waals surface area contributed by atoms with E-state index in [1.807, 2.05) is 0 Å². The van der Waals surface area contributed by atoms with Gasteiger partial charge in [-0.2, -0.15) is 0 Å². The third-order valence-electron chi connectivity index (χ3n) is 3.29. The summed E-state index contributed by atoms with van der Waals surface area (Å²) in [6, 6.07) is 4.76. The quantitative estimate of drug-likeness (QED) is 0.644. The molecule has 2 rings (SSSR count). The fraction of sp³-hybridized carbons (Fsp3) is 0.500. The second-order valence-electron chi connectivity index (χ2n) is 4.68. The van der Waals surface area contributed by atoms with Gasteiger partial charge in [0.15, 0.2) is 0 Å². The molecule has 92 valence electrons. The van der Waals surface area contributed by atoms with E-state index in [1.54, 1.807) is 19.2 Å². The highest BCUT2D eigenvalue weighted by Gasteiger charge is 2.33. The van der Waals surface area contributed by atoms with Crippen molar-refractivity contribution < 1.29 is 9.66 Å². The van der Waals surface area contributed by atoms with E-state index in [1.165, 1.54) is 12.5 Å². The number of nitrogens with zero attached hydrogens (tertiary/aromatic N) is 1. The monoisotopic (exact) mass is 236 g/mol. The molecule has 5 heteroatoms. The van der Waals surface area contributed by atoms with Crippen molar-refractivity contribution in [2.75, 3.05) is 12.4 Å². The fourth-order valence-corrected chi connectivity index (χ4v) is 2.06. The summed E-state index contributed by atoms with van der Waals surface area (Å²) in [7, 11) is 1.55. The highest BCUT2D eigenvalue weighted by molar-refractivity contribution is 5.65. The zero-order valence-electron chi connectivity index (χ0n) is 10.0. The SMILES string of the molecule is COc1ccc([N+](=O)[O-])c(NC2(C)CCC2)c1. The third-order valence-corrected chi connectivity index (χ3v) is 3.29. The van der Waals surface area contributed by atoms with Gasteiger partial charge in [-0.15, -0.1) is 0 Å². The van der Waals surface area contributed by atoms with Gasteiger partial charge in [-0.25, -0.2) is 0 Å². The lowest BCUT2D eigenvalue weighted by molar-refractivity contribution is -0.384. The molecule has 0 saturated heterocycles. The Morgan fingerprint density at radius 1 is 1.47 bits per heavy atom. The van der Waals surface area contributed by atoms with E-state index >= 15 is 0 Å². The van der Waals surface area contributed by atoms with E-state index < -0.39 is 0 Å². The van der Waals surface area contributed by atoms with Crippen LogP contribution >= 0.6 is 0 Å². The molecule has 1 N–H and O–H groups in total. The molecule has 0 amide bonds. The first-order chi connectivity index (χ1) is 8.04. The molecule has 0 atom stereocenters. The van der Waals surface area contributed by atoms with E-state index in [9.17, 15) is 10.1 Å². The molecular weight excluding hydrogens is 220 g/mol. The van der Waals surface area contributed by atoms with Crippen LogP contribution < -0.4 is 10.1 Å². The topological polar surface area (TPSA) is 64.4 Å². The van der Waals surface area contributed by atoms with E-state index in [0.29, 0.717) is 11.4 Å². The maximum Gasteiger partial charge on any atom is 0.292 e. The second-order valence-corrected chi connectivity index (χ2v) is 4.68. The van der Waals surface area contributed by atoms with Crippen molar-refractivity contribution in [3.63, 3.8) is 0 Å². The summed E-state index contributed by atoms with van der Waals surface area (Å²) in [4.78, 5) is 10.6. The lowest BCUT2D eigenvalue weighted by atomic mass is 9.78. The van der Waals surface area contributed by atoms with Crippen LogP contribution in [0.4, 0.5) is 11.4 Å². The zero-order valence-corrected chi connectivity index (χ0v) is 10.0. The molecule has 0 aromatic heterocycles. The minimum atomic E-state index is -0.371. The van der Waals surface area contributed by atoms with Gasteiger partial charge >= 0.3 is 0 Å². The number of nitro groups is 1. The van der Waals surface area contributed by atoms with Crippen LogP contribution in [-0.4, -0.2) is 17.6 Å². The lowest BCUT2D eigenvalue weighted by Crippen LogP contribution is -2.41. The lowest BCUT2D eigenvalue weighted by Gasteiger charge is -2.39. The Balaban J connectivity index is 2.31. The highest BCUT2D eigenvalue weighted by Crippen LogP contribution is 2.38. The number of ether oxygens (including phenoxy) is 1. The van der Waals surface area contributed by atoms with Gasteiger partial charge in [-0.05, 0) is 32.3 Å². The molecule has 1 saturated carbocycles.